The maximum absolute atomic E-state index is 12.5. The Morgan fingerprint density at radius 1 is 1.03 bits per heavy atom. The summed E-state index contributed by atoms with van der Waals surface area (Å²) in [4.78, 5) is 23.1. The van der Waals surface area contributed by atoms with Crippen LogP contribution in [0.25, 0.3) is 10.9 Å². The van der Waals surface area contributed by atoms with E-state index in [1.165, 1.54) is 10.9 Å². The lowest BCUT2D eigenvalue weighted by Crippen LogP contribution is -2.48. The second-order valence-corrected chi connectivity index (χ2v) is 10.6. The molecule has 0 atom stereocenters. The molecule has 0 saturated carbocycles. The molecule has 2 aliphatic rings. The lowest BCUT2D eigenvalue weighted by Gasteiger charge is -2.36. The number of para-hydroxylation sites is 2. The number of methoxy groups -OCH3 is 1. The summed E-state index contributed by atoms with van der Waals surface area (Å²) >= 11 is 6.13. The van der Waals surface area contributed by atoms with Gasteiger partial charge >= 0.3 is 0 Å². The number of fused-ring (bicyclic) bond motifs is 1. The van der Waals surface area contributed by atoms with E-state index in [1.54, 1.807) is 7.11 Å². The van der Waals surface area contributed by atoms with Gasteiger partial charge < -0.3 is 24.8 Å². The summed E-state index contributed by atoms with van der Waals surface area (Å²) in [6, 6.07) is 14.3. The van der Waals surface area contributed by atoms with Crippen LogP contribution in [0.4, 0.5) is 5.69 Å². The Morgan fingerprint density at radius 3 is 2.57 bits per heavy atom. The van der Waals surface area contributed by atoms with Crippen molar-refractivity contribution in [3.8, 4) is 5.75 Å². The first kappa shape index (κ1) is 25.9. The highest BCUT2D eigenvalue weighted by molar-refractivity contribution is 6.31. The van der Waals surface area contributed by atoms with E-state index in [1.807, 2.05) is 24.3 Å². The van der Waals surface area contributed by atoms with Crippen LogP contribution >= 0.6 is 11.6 Å². The van der Waals surface area contributed by atoms with Crippen LogP contribution < -0.4 is 15.0 Å². The van der Waals surface area contributed by atoms with Crippen LogP contribution in [-0.4, -0.2) is 86.7 Å². The fourth-order valence-electron chi connectivity index (χ4n) is 5.73. The van der Waals surface area contributed by atoms with Crippen molar-refractivity contribution in [1.82, 2.24) is 20.1 Å². The molecular formula is C29H38ClN5O2. The molecule has 7 nitrogen and oxygen atoms in total. The Morgan fingerprint density at radius 2 is 1.78 bits per heavy atom. The number of amides is 1. The number of piperazine rings is 1. The quantitative estimate of drug-likeness (QED) is 0.437. The minimum atomic E-state index is 0.156. The molecule has 2 fully saturated rings. The van der Waals surface area contributed by atoms with Gasteiger partial charge in [0.25, 0.3) is 0 Å². The molecule has 5 rings (SSSR count). The van der Waals surface area contributed by atoms with Gasteiger partial charge in [0.05, 0.1) is 12.8 Å². The number of aromatic amines is 1. The van der Waals surface area contributed by atoms with E-state index in [9.17, 15) is 4.79 Å². The Kier molecular flexibility index (Phi) is 8.54. The van der Waals surface area contributed by atoms with Crippen molar-refractivity contribution in [2.24, 2.45) is 0 Å². The Hall–Kier alpha value is -2.74. The first-order valence-electron chi connectivity index (χ1n) is 13.5. The number of carbonyl (C=O) groups is 1. The van der Waals surface area contributed by atoms with Crippen molar-refractivity contribution < 1.29 is 9.53 Å². The smallest absolute Gasteiger partial charge is 0.221 e. The number of hydrogen-bond donors (Lipinski definition) is 2. The second kappa shape index (κ2) is 12.2. The summed E-state index contributed by atoms with van der Waals surface area (Å²) in [5.41, 5.74) is 3.67. The van der Waals surface area contributed by atoms with E-state index in [-0.39, 0.29) is 5.91 Å². The SMILES string of the molecule is COc1ccccc1N1CCN(CCNC(=O)CCN2CCC(c3c[nH]c4cc(Cl)ccc34)CC2)CC1. The second-order valence-electron chi connectivity index (χ2n) is 10.2. The van der Waals surface area contributed by atoms with Crippen LogP contribution in [0.5, 0.6) is 5.75 Å². The predicted molar refractivity (Wildman–Crippen MR) is 151 cm³/mol. The van der Waals surface area contributed by atoms with Crippen LogP contribution in [0.15, 0.2) is 48.7 Å². The highest BCUT2D eigenvalue weighted by Crippen LogP contribution is 2.34. The van der Waals surface area contributed by atoms with Gasteiger partial charge in [-0.3, -0.25) is 9.69 Å². The van der Waals surface area contributed by atoms with E-state index in [4.69, 9.17) is 16.3 Å². The summed E-state index contributed by atoms with van der Waals surface area (Å²) in [6.45, 7) is 8.43. The molecule has 3 aromatic rings. The van der Waals surface area contributed by atoms with Gasteiger partial charge in [0.1, 0.15) is 5.75 Å². The Balaban J connectivity index is 0.974. The van der Waals surface area contributed by atoms with Crippen molar-refractivity contribution in [2.75, 3.05) is 70.9 Å². The van der Waals surface area contributed by atoms with Crippen LogP contribution in [0.3, 0.4) is 0 Å². The number of carbonyl (C=O) groups excluding carboxylic acids is 1. The van der Waals surface area contributed by atoms with Gasteiger partial charge in [-0.1, -0.05) is 29.8 Å². The standard InChI is InChI=1S/C29H38ClN5O2/c1-37-28-5-3-2-4-27(28)35-18-16-34(17-19-35)15-11-31-29(36)10-14-33-12-8-22(9-13-33)25-21-32-26-20-23(30)6-7-24(25)26/h2-7,20-22,32H,8-19H2,1H3,(H,31,36). The fraction of sp³-hybridized carbons (Fsp3) is 0.483. The molecule has 37 heavy (non-hydrogen) atoms. The molecule has 2 saturated heterocycles. The lowest BCUT2D eigenvalue weighted by atomic mass is 9.89. The highest BCUT2D eigenvalue weighted by Gasteiger charge is 2.23. The number of nitrogens with zero attached hydrogens (tertiary/aromatic N) is 3. The van der Waals surface area contributed by atoms with E-state index in [2.05, 4.69) is 49.4 Å². The first-order chi connectivity index (χ1) is 18.1. The van der Waals surface area contributed by atoms with E-state index < -0.39 is 0 Å². The molecule has 2 N–H and O–H groups in total. The summed E-state index contributed by atoms with van der Waals surface area (Å²) < 4.78 is 5.51. The van der Waals surface area contributed by atoms with Gasteiger partial charge in [0.2, 0.25) is 5.91 Å². The molecule has 2 aromatic carbocycles. The number of halogens is 1. The van der Waals surface area contributed by atoms with E-state index >= 15 is 0 Å². The summed E-state index contributed by atoms with van der Waals surface area (Å²) in [6.07, 6.45) is 4.96. The number of likely N-dealkylation sites (tertiary alicyclic amines) is 1. The molecule has 0 spiro atoms. The molecule has 1 amide bonds. The van der Waals surface area contributed by atoms with Gasteiger partial charge in [-0.25, -0.2) is 0 Å². The summed E-state index contributed by atoms with van der Waals surface area (Å²) in [7, 11) is 1.72. The third-order valence-electron chi connectivity index (χ3n) is 7.91. The zero-order valence-corrected chi connectivity index (χ0v) is 22.5. The molecule has 198 valence electrons. The Bertz CT molecular complexity index is 1180. The number of H-pyrrole nitrogens is 1. The number of anilines is 1. The third kappa shape index (κ3) is 6.40. The van der Waals surface area contributed by atoms with Gasteiger partial charge in [-0.2, -0.15) is 0 Å². The number of ether oxygens (including phenoxy) is 1. The summed E-state index contributed by atoms with van der Waals surface area (Å²) in [5, 5.41) is 5.18. The van der Waals surface area contributed by atoms with Crippen LogP contribution in [-0.2, 0) is 4.79 Å². The van der Waals surface area contributed by atoms with Gasteiger partial charge in [0, 0.05) is 74.4 Å². The zero-order chi connectivity index (χ0) is 25.6. The average Bonchev–Trinajstić information content (AvgIpc) is 3.35. The van der Waals surface area contributed by atoms with Crippen molar-refractivity contribution in [3.63, 3.8) is 0 Å². The molecule has 1 aromatic heterocycles. The maximum Gasteiger partial charge on any atom is 0.221 e. The normalized spacial score (nSPS) is 17.8. The number of rotatable bonds is 9. The third-order valence-corrected chi connectivity index (χ3v) is 8.14. The van der Waals surface area contributed by atoms with Crippen LogP contribution in [0.1, 0.15) is 30.7 Å². The van der Waals surface area contributed by atoms with Gasteiger partial charge in [0.15, 0.2) is 0 Å². The highest BCUT2D eigenvalue weighted by atomic mass is 35.5. The first-order valence-corrected chi connectivity index (χ1v) is 13.8. The van der Waals surface area contributed by atoms with Crippen molar-refractivity contribution in [3.05, 3.63) is 59.2 Å². The van der Waals surface area contributed by atoms with E-state index in [0.717, 1.165) is 87.2 Å². The molecule has 0 radical (unpaired) electrons. The molecule has 8 heteroatoms. The topological polar surface area (TPSA) is 63.8 Å². The average molecular weight is 524 g/mol. The zero-order valence-electron chi connectivity index (χ0n) is 21.7. The monoisotopic (exact) mass is 523 g/mol. The number of benzene rings is 2. The van der Waals surface area contributed by atoms with Crippen LogP contribution in [0.2, 0.25) is 5.02 Å². The van der Waals surface area contributed by atoms with Gasteiger partial charge in [-0.15, -0.1) is 0 Å². The maximum atomic E-state index is 12.5. The van der Waals surface area contributed by atoms with Crippen molar-refractivity contribution >= 4 is 34.1 Å². The Labute approximate surface area is 224 Å². The molecule has 3 heterocycles. The van der Waals surface area contributed by atoms with Crippen LogP contribution in [0, 0.1) is 0 Å². The number of piperidine rings is 1. The molecule has 0 unspecified atom stereocenters. The summed E-state index contributed by atoms with van der Waals surface area (Å²) in [5.74, 6) is 1.64. The lowest BCUT2D eigenvalue weighted by molar-refractivity contribution is -0.121. The number of nitrogens with one attached hydrogen (secondary N) is 2. The molecule has 2 aliphatic heterocycles. The largest absolute Gasteiger partial charge is 0.495 e. The van der Waals surface area contributed by atoms with Gasteiger partial charge in [-0.05, 0) is 61.7 Å². The van der Waals surface area contributed by atoms with E-state index in [0.29, 0.717) is 18.9 Å². The van der Waals surface area contributed by atoms with Crippen molar-refractivity contribution in [1.29, 1.82) is 0 Å². The minimum Gasteiger partial charge on any atom is -0.495 e. The minimum absolute atomic E-state index is 0.156. The molecule has 0 aliphatic carbocycles. The predicted octanol–water partition coefficient (Wildman–Crippen LogP) is 4.34. The molecule has 0 bridgehead atoms. The van der Waals surface area contributed by atoms with Crippen molar-refractivity contribution in [2.45, 2.75) is 25.2 Å². The fourth-order valence-corrected chi connectivity index (χ4v) is 5.90. The number of aromatic nitrogens is 1. The molecular weight excluding hydrogens is 486 g/mol. The number of hydrogen-bond acceptors (Lipinski definition) is 5.